The standard InChI is InChI=1S/C27H31N5O/c1-5-21-12-11-19(2)23(17-21)25(22-9-7-6-8-10-22)28-20(3)26-29-24(27(33)30-26)18-32-15-13-31(4)14-16-32/h1,6-12,17-18,20,26,29H,13-16H2,2-4H3,(H,30,33)/b24-18-,28-25?. The molecule has 2 aliphatic rings. The van der Waals surface area contributed by atoms with Crippen molar-refractivity contribution in [3.8, 4) is 12.3 Å². The Hall–Kier alpha value is -3.56. The molecule has 2 aliphatic heterocycles. The molecule has 0 saturated carbocycles. The van der Waals surface area contributed by atoms with Crippen LogP contribution >= 0.6 is 0 Å². The average Bonchev–Trinajstić information content (AvgIpc) is 3.20. The summed E-state index contributed by atoms with van der Waals surface area (Å²) in [5.74, 6) is 2.63. The molecule has 2 N–H and O–H groups in total. The second kappa shape index (κ2) is 9.93. The van der Waals surface area contributed by atoms with Gasteiger partial charge in [0.2, 0.25) is 0 Å². The molecule has 0 aromatic heterocycles. The first-order valence-corrected chi connectivity index (χ1v) is 11.4. The van der Waals surface area contributed by atoms with Gasteiger partial charge in [0.1, 0.15) is 11.9 Å². The third-order valence-electron chi connectivity index (χ3n) is 6.21. The van der Waals surface area contributed by atoms with Gasteiger partial charge in [-0.3, -0.25) is 9.79 Å². The normalized spacial score (nSPS) is 21.5. The quantitative estimate of drug-likeness (QED) is 0.425. The van der Waals surface area contributed by atoms with Gasteiger partial charge in [0.25, 0.3) is 5.91 Å². The summed E-state index contributed by atoms with van der Waals surface area (Å²) >= 11 is 0. The van der Waals surface area contributed by atoms with Gasteiger partial charge in [0, 0.05) is 49.1 Å². The molecular weight excluding hydrogens is 410 g/mol. The van der Waals surface area contributed by atoms with Crippen LogP contribution in [0.2, 0.25) is 0 Å². The number of hydrogen-bond donors (Lipinski definition) is 2. The summed E-state index contributed by atoms with van der Waals surface area (Å²) in [5, 5.41) is 6.40. The van der Waals surface area contributed by atoms with Crippen molar-refractivity contribution in [2.45, 2.75) is 26.1 Å². The summed E-state index contributed by atoms with van der Waals surface area (Å²) in [4.78, 5) is 22.2. The van der Waals surface area contributed by atoms with Crippen LogP contribution in [0.1, 0.15) is 29.2 Å². The van der Waals surface area contributed by atoms with Crippen molar-refractivity contribution in [3.63, 3.8) is 0 Å². The van der Waals surface area contributed by atoms with E-state index in [2.05, 4.69) is 40.3 Å². The number of carbonyl (C=O) groups excluding carboxylic acids is 1. The fourth-order valence-corrected chi connectivity index (χ4v) is 4.10. The van der Waals surface area contributed by atoms with Gasteiger partial charge in [-0.25, -0.2) is 0 Å². The highest BCUT2D eigenvalue weighted by Crippen LogP contribution is 2.19. The number of likely N-dealkylation sites (N-methyl/N-ethyl adjacent to an activating group) is 1. The number of carbonyl (C=O) groups is 1. The Morgan fingerprint density at radius 2 is 1.88 bits per heavy atom. The summed E-state index contributed by atoms with van der Waals surface area (Å²) in [7, 11) is 2.12. The van der Waals surface area contributed by atoms with Crippen molar-refractivity contribution >= 4 is 11.6 Å². The van der Waals surface area contributed by atoms with E-state index in [9.17, 15) is 4.79 Å². The summed E-state index contributed by atoms with van der Waals surface area (Å²) < 4.78 is 0. The van der Waals surface area contributed by atoms with Gasteiger partial charge in [-0.2, -0.15) is 0 Å². The molecule has 1 amide bonds. The highest BCUT2D eigenvalue weighted by Gasteiger charge is 2.30. The molecule has 2 saturated heterocycles. The second-order valence-electron chi connectivity index (χ2n) is 8.74. The minimum atomic E-state index is -0.286. The molecule has 6 nitrogen and oxygen atoms in total. The number of nitrogens with one attached hydrogen (secondary N) is 2. The van der Waals surface area contributed by atoms with Crippen LogP contribution in [-0.4, -0.2) is 66.9 Å². The van der Waals surface area contributed by atoms with E-state index in [0.717, 1.165) is 54.1 Å². The maximum Gasteiger partial charge on any atom is 0.270 e. The summed E-state index contributed by atoms with van der Waals surface area (Å²) in [5.41, 5.74) is 5.39. The highest BCUT2D eigenvalue weighted by atomic mass is 16.2. The van der Waals surface area contributed by atoms with Crippen LogP contribution < -0.4 is 10.6 Å². The molecule has 2 heterocycles. The summed E-state index contributed by atoms with van der Waals surface area (Å²) in [6, 6.07) is 15.9. The van der Waals surface area contributed by atoms with Crippen LogP contribution in [0, 0.1) is 19.3 Å². The van der Waals surface area contributed by atoms with Gasteiger partial charge in [-0.15, -0.1) is 6.42 Å². The maximum absolute atomic E-state index is 12.6. The molecule has 2 fully saturated rings. The largest absolute Gasteiger partial charge is 0.373 e. The zero-order chi connectivity index (χ0) is 23.4. The van der Waals surface area contributed by atoms with Crippen molar-refractivity contribution in [1.82, 2.24) is 20.4 Å². The van der Waals surface area contributed by atoms with E-state index >= 15 is 0 Å². The Balaban J connectivity index is 1.61. The van der Waals surface area contributed by atoms with Gasteiger partial charge in [0.15, 0.2) is 0 Å². The predicted molar refractivity (Wildman–Crippen MR) is 133 cm³/mol. The molecule has 0 radical (unpaired) electrons. The zero-order valence-corrected chi connectivity index (χ0v) is 19.5. The van der Waals surface area contributed by atoms with Crippen molar-refractivity contribution in [3.05, 3.63) is 82.7 Å². The Kier molecular flexibility index (Phi) is 6.81. The van der Waals surface area contributed by atoms with Gasteiger partial charge in [-0.05, 0) is 38.6 Å². The Morgan fingerprint density at radius 1 is 1.15 bits per heavy atom. The Bertz CT molecular complexity index is 1110. The first-order valence-electron chi connectivity index (χ1n) is 11.4. The number of amides is 1. The fourth-order valence-electron chi connectivity index (χ4n) is 4.10. The monoisotopic (exact) mass is 441 g/mol. The topological polar surface area (TPSA) is 60.0 Å². The number of terminal acetylenes is 1. The fraction of sp³-hybridized carbons (Fsp3) is 0.333. The van der Waals surface area contributed by atoms with E-state index < -0.39 is 0 Å². The Labute approximate surface area is 196 Å². The number of nitrogens with zero attached hydrogens (tertiary/aromatic N) is 3. The lowest BCUT2D eigenvalue weighted by Gasteiger charge is -2.31. The van der Waals surface area contributed by atoms with Crippen LogP contribution in [0.3, 0.4) is 0 Å². The lowest BCUT2D eigenvalue weighted by atomic mass is 9.96. The van der Waals surface area contributed by atoms with Crippen LogP contribution in [0.15, 0.2) is 65.4 Å². The molecule has 2 unspecified atom stereocenters. The number of hydrogen-bond acceptors (Lipinski definition) is 5. The minimum Gasteiger partial charge on any atom is -0.373 e. The van der Waals surface area contributed by atoms with Crippen molar-refractivity contribution in [2.75, 3.05) is 33.2 Å². The first-order chi connectivity index (χ1) is 15.9. The van der Waals surface area contributed by atoms with Crippen LogP contribution in [0.4, 0.5) is 0 Å². The molecule has 0 aliphatic carbocycles. The summed E-state index contributed by atoms with van der Waals surface area (Å²) in [6.07, 6.45) is 7.32. The number of rotatable bonds is 5. The van der Waals surface area contributed by atoms with Gasteiger partial charge < -0.3 is 20.4 Å². The molecule has 2 aromatic carbocycles. The van der Waals surface area contributed by atoms with Crippen molar-refractivity contribution in [2.24, 2.45) is 4.99 Å². The molecule has 0 bridgehead atoms. The Morgan fingerprint density at radius 3 is 2.58 bits per heavy atom. The second-order valence-corrected chi connectivity index (χ2v) is 8.74. The highest BCUT2D eigenvalue weighted by molar-refractivity contribution is 6.14. The number of piperazine rings is 1. The molecule has 2 atom stereocenters. The van der Waals surface area contributed by atoms with E-state index in [1.807, 2.05) is 61.7 Å². The van der Waals surface area contributed by atoms with Crippen LogP contribution in [-0.2, 0) is 4.79 Å². The third-order valence-corrected chi connectivity index (χ3v) is 6.21. The summed E-state index contributed by atoms with van der Waals surface area (Å²) in [6.45, 7) is 7.88. The molecular formula is C27H31N5O. The molecule has 33 heavy (non-hydrogen) atoms. The van der Waals surface area contributed by atoms with E-state index in [0.29, 0.717) is 5.70 Å². The lowest BCUT2D eigenvalue weighted by Crippen LogP contribution is -2.42. The molecule has 0 spiro atoms. The lowest BCUT2D eigenvalue weighted by molar-refractivity contribution is -0.116. The van der Waals surface area contributed by atoms with Crippen molar-refractivity contribution < 1.29 is 4.79 Å². The van der Waals surface area contributed by atoms with E-state index in [1.165, 1.54) is 0 Å². The molecule has 170 valence electrons. The first kappa shape index (κ1) is 22.6. The van der Waals surface area contributed by atoms with Gasteiger partial charge >= 0.3 is 0 Å². The molecule has 6 heteroatoms. The van der Waals surface area contributed by atoms with E-state index in [-0.39, 0.29) is 18.1 Å². The average molecular weight is 442 g/mol. The number of aliphatic imine (C=N–C) groups is 1. The third kappa shape index (κ3) is 5.27. The SMILES string of the molecule is C#Cc1ccc(C)c(C(=NC(C)C2NC(=O)/C(=C/N3CCN(C)CC3)N2)c2ccccc2)c1. The maximum atomic E-state index is 12.6. The smallest absolute Gasteiger partial charge is 0.270 e. The van der Waals surface area contributed by atoms with Gasteiger partial charge in [0.05, 0.1) is 11.8 Å². The van der Waals surface area contributed by atoms with Crippen molar-refractivity contribution in [1.29, 1.82) is 0 Å². The van der Waals surface area contributed by atoms with E-state index in [1.54, 1.807) is 0 Å². The molecule has 2 aromatic rings. The number of benzene rings is 2. The molecule has 4 rings (SSSR count). The van der Waals surface area contributed by atoms with E-state index in [4.69, 9.17) is 11.4 Å². The predicted octanol–water partition coefficient (Wildman–Crippen LogP) is 2.34. The number of aryl methyl sites for hydroxylation is 1. The van der Waals surface area contributed by atoms with Crippen LogP contribution in [0.25, 0.3) is 0 Å². The van der Waals surface area contributed by atoms with Crippen LogP contribution in [0.5, 0.6) is 0 Å². The zero-order valence-electron chi connectivity index (χ0n) is 19.5. The minimum absolute atomic E-state index is 0.0900. The van der Waals surface area contributed by atoms with Gasteiger partial charge in [-0.1, -0.05) is 42.3 Å².